The molecule has 0 N–H and O–H groups in total. The molecule has 26 heavy (non-hydrogen) atoms. The number of aryl methyl sites for hydroxylation is 1. The number of benzene rings is 2. The predicted molar refractivity (Wildman–Crippen MR) is 123 cm³/mol. The third-order valence-corrected chi connectivity index (χ3v) is 14.7. The van der Waals surface area contributed by atoms with Crippen molar-refractivity contribution in [3.63, 3.8) is 0 Å². The molecule has 0 unspecified atom stereocenters. The van der Waals surface area contributed by atoms with Crippen molar-refractivity contribution in [2.24, 2.45) is 0 Å². The summed E-state index contributed by atoms with van der Waals surface area (Å²) in [6.07, 6.45) is 0. The first-order valence-electron chi connectivity index (χ1n) is 9.89. The lowest BCUT2D eigenvalue weighted by Gasteiger charge is -2.44. The van der Waals surface area contributed by atoms with Gasteiger partial charge in [-0.3, -0.25) is 0 Å². The number of hydrogen-bond acceptors (Lipinski definition) is 1. The zero-order valence-electron chi connectivity index (χ0n) is 17.3. The molecule has 2 heteroatoms. The second-order valence-corrected chi connectivity index (χ2v) is 15.4. The Bertz CT molecular complexity index is 862. The summed E-state index contributed by atoms with van der Waals surface area (Å²) in [5.41, 5.74) is 4.86. The standard InChI is InChI=1S/C24H32SSi/c1-16(2)26(17(3)4,18(5)6)24-21-10-8-9-11-22(21)25-23(24)20-14-12-19(7)13-15-20/h8-18H,1-7H3. The van der Waals surface area contributed by atoms with Gasteiger partial charge in [0, 0.05) is 9.58 Å². The van der Waals surface area contributed by atoms with E-state index < -0.39 is 8.07 Å². The maximum atomic E-state index is 2.47. The topological polar surface area (TPSA) is 0 Å². The molecule has 3 aromatic rings. The fraction of sp³-hybridized carbons (Fsp3) is 0.417. The molecule has 0 aliphatic carbocycles. The number of fused-ring (bicyclic) bond motifs is 1. The van der Waals surface area contributed by atoms with E-state index in [4.69, 9.17) is 0 Å². The summed E-state index contributed by atoms with van der Waals surface area (Å²) in [5.74, 6) is 0. The van der Waals surface area contributed by atoms with Crippen LogP contribution in [0.1, 0.15) is 47.1 Å². The molecule has 0 spiro atoms. The van der Waals surface area contributed by atoms with Gasteiger partial charge in [0.1, 0.15) is 0 Å². The summed E-state index contributed by atoms with van der Waals surface area (Å²) in [4.78, 5) is 1.52. The minimum absolute atomic E-state index is 0.713. The zero-order valence-corrected chi connectivity index (χ0v) is 19.1. The molecule has 1 heterocycles. The highest BCUT2D eigenvalue weighted by Crippen LogP contribution is 2.46. The van der Waals surface area contributed by atoms with E-state index in [2.05, 4.69) is 97.0 Å². The molecular weight excluding hydrogens is 348 g/mol. The van der Waals surface area contributed by atoms with Gasteiger partial charge in [-0.25, -0.2) is 0 Å². The van der Waals surface area contributed by atoms with Crippen LogP contribution in [0, 0.1) is 6.92 Å². The van der Waals surface area contributed by atoms with Crippen LogP contribution < -0.4 is 5.19 Å². The summed E-state index contributed by atoms with van der Waals surface area (Å²) in [5, 5.41) is 3.22. The van der Waals surface area contributed by atoms with Crippen LogP contribution in [-0.2, 0) is 0 Å². The summed E-state index contributed by atoms with van der Waals surface area (Å²) < 4.78 is 1.44. The highest BCUT2D eigenvalue weighted by molar-refractivity contribution is 7.25. The monoisotopic (exact) mass is 380 g/mol. The molecule has 0 saturated carbocycles. The largest absolute Gasteiger partial charge is 0.135 e. The maximum absolute atomic E-state index is 2.47. The first-order valence-corrected chi connectivity index (χ1v) is 12.9. The molecule has 0 saturated heterocycles. The van der Waals surface area contributed by atoms with Gasteiger partial charge in [-0.05, 0) is 45.8 Å². The van der Waals surface area contributed by atoms with Crippen LogP contribution in [0.5, 0.6) is 0 Å². The van der Waals surface area contributed by atoms with Gasteiger partial charge in [0.2, 0.25) is 0 Å². The van der Waals surface area contributed by atoms with Crippen molar-refractivity contribution in [3.8, 4) is 10.4 Å². The molecule has 0 aliphatic rings. The van der Waals surface area contributed by atoms with Crippen LogP contribution in [0.2, 0.25) is 16.6 Å². The van der Waals surface area contributed by atoms with E-state index in [1.54, 1.807) is 5.19 Å². The van der Waals surface area contributed by atoms with Gasteiger partial charge < -0.3 is 0 Å². The van der Waals surface area contributed by atoms with Crippen LogP contribution in [0.15, 0.2) is 48.5 Å². The van der Waals surface area contributed by atoms with Crippen LogP contribution >= 0.6 is 11.3 Å². The Hall–Kier alpha value is -1.38. The highest BCUT2D eigenvalue weighted by atomic mass is 32.1. The molecule has 0 nitrogen and oxygen atoms in total. The van der Waals surface area contributed by atoms with Gasteiger partial charge in [-0.1, -0.05) is 89.6 Å². The molecule has 0 atom stereocenters. The van der Waals surface area contributed by atoms with Crippen molar-refractivity contribution < 1.29 is 0 Å². The molecule has 0 fully saturated rings. The summed E-state index contributed by atoms with van der Waals surface area (Å²) in [6, 6.07) is 18.2. The highest BCUT2D eigenvalue weighted by Gasteiger charge is 2.47. The fourth-order valence-corrected chi connectivity index (χ4v) is 14.1. The summed E-state index contributed by atoms with van der Waals surface area (Å²) >= 11 is 2.00. The Kier molecular flexibility index (Phi) is 5.46. The number of hydrogen-bond donors (Lipinski definition) is 0. The first kappa shape index (κ1) is 19.4. The zero-order chi connectivity index (χ0) is 19.1. The predicted octanol–water partition coefficient (Wildman–Crippen LogP) is 7.76. The Balaban J connectivity index is 2.43. The minimum Gasteiger partial charge on any atom is -0.135 e. The van der Waals surface area contributed by atoms with Gasteiger partial charge in [0.15, 0.2) is 0 Å². The molecule has 138 valence electrons. The molecule has 0 bridgehead atoms. The molecular formula is C24H32SSi. The van der Waals surface area contributed by atoms with Crippen molar-refractivity contribution in [2.45, 2.75) is 65.1 Å². The fourth-order valence-electron chi connectivity index (χ4n) is 5.25. The van der Waals surface area contributed by atoms with Gasteiger partial charge in [0.05, 0.1) is 8.07 Å². The lowest BCUT2D eigenvalue weighted by Crippen LogP contribution is -2.56. The van der Waals surface area contributed by atoms with Gasteiger partial charge in [-0.2, -0.15) is 0 Å². The van der Waals surface area contributed by atoms with Gasteiger partial charge in [-0.15, -0.1) is 11.3 Å². The van der Waals surface area contributed by atoms with Crippen molar-refractivity contribution in [3.05, 3.63) is 54.1 Å². The Morgan fingerprint density at radius 1 is 0.731 bits per heavy atom. The normalized spacial score (nSPS) is 12.7. The number of rotatable bonds is 5. The van der Waals surface area contributed by atoms with Crippen LogP contribution in [0.3, 0.4) is 0 Å². The van der Waals surface area contributed by atoms with Gasteiger partial charge >= 0.3 is 0 Å². The van der Waals surface area contributed by atoms with Gasteiger partial charge in [0.25, 0.3) is 0 Å². The third kappa shape index (κ3) is 2.97. The summed E-state index contributed by atoms with van der Waals surface area (Å²) in [7, 11) is -1.75. The first-order chi connectivity index (χ1) is 12.3. The SMILES string of the molecule is Cc1ccc(-c2sc3ccccc3c2[Si](C(C)C)(C(C)C)C(C)C)cc1. The van der Waals surface area contributed by atoms with E-state index in [1.165, 1.54) is 26.1 Å². The third-order valence-electron chi connectivity index (χ3n) is 6.21. The maximum Gasteiger partial charge on any atom is 0.0969 e. The van der Waals surface area contributed by atoms with Crippen molar-refractivity contribution in [1.29, 1.82) is 0 Å². The van der Waals surface area contributed by atoms with Crippen LogP contribution in [0.4, 0.5) is 0 Å². The molecule has 0 radical (unpaired) electrons. The number of thiophene rings is 1. The Labute approximate surface area is 164 Å². The van der Waals surface area contributed by atoms with Crippen molar-refractivity contribution in [2.75, 3.05) is 0 Å². The van der Waals surface area contributed by atoms with E-state index >= 15 is 0 Å². The van der Waals surface area contributed by atoms with Crippen molar-refractivity contribution in [1.82, 2.24) is 0 Å². The van der Waals surface area contributed by atoms with E-state index in [-0.39, 0.29) is 0 Å². The average Bonchev–Trinajstić information content (AvgIpc) is 2.95. The molecule has 1 aromatic heterocycles. The second kappa shape index (κ2) is 7.32. The van der Waals surface area contributed by atoms with E-state index in [9.17, 15) is 0 Å². The Morgan fingerprint density at radius 3 is 1.81 bits per heavy atom. The van der Waals surface area contributed by atoms with Crippen LogP contribution in [-0.4, -0.2) is 8.07 Å². The minimum atomic E-state index is -1.75. The van der Waals surface area contributed by atoms with Crippen molar-refractivity contribution >= 4 is 34.7 Å². The molecule has 0 aliphatic heterocycles. The average molecular weight is 381 g/mol. The summed E-state index contributed by atoms with van der Waals surface area (Å²) in [6.45, 7) is 17.0. The lowest BCUT2D eigenvalue weighted by molar-refractivity contribution is 0.836. The second-order valence-electron chi connectivity index (χ2n) is 8.57. The van der Waals surface area contributed by atoms with Crippen LogP contribution in [0.25, 0.3) is 20.5 Å². The molecule has 0 amide bonds. The smallest absolute Gasteiger partial charge is 0.0969 e. The quantitative estimate of drug-likeness (QED) is 0.397. The van der Waals surface area contributed by atoms with E-state index in [1.807, 2.05) is 11.3 Å². The lowest BCUT2D eigenvalue weighted by atomic mass is 10.1. The Morgan fingerprint density at radius 2 is 1.27 bits per heavy atom. The van der Waals surface area contributed by atoms with E-state index in [0.717, 1.165) is 0 Å². The molecule has 3 rings (SSSR count). The molecule has 2 aromatic carbocycles. The van der Waals surface area contributed by atoms with E-state index in [0.29, 0.717) is 16.6 Å².